The summed E-state index contributed by atoms with van der Waals surface area (Å²) in [6.07, 6.45) is 26.0. The van der Waals surface area contributed by atoms with E-state index in [4.69, 9.17) is 61.0 Å². The van der Waals surface area contributed by atoms with Crippen LogP contribution in [0.5, 0.6) is 0 Å². The fraction of sp³-hybridized carbons (Fsp3) is 0.250. The van der Waals surface area contributed by atoms with Crippen molar-refractivity contribution in [2.45, 2.75) is 106 Å². The van der Waals surface area contributed by atoms with Gasteiger partial charge in [0, 0.05) is 80.1 Å². The monoisotopic (exact) mass is 1510 g/mol. The number of benzene rings is 3. The van der Waals surface area contributed by atoms with Gasteiger partial charge >= 0.3 is 0 Å². The Labute approximate surface area is 616 Å². The van der Waals surface area contributed by atoms with Gasteiger partial charge in [-0.15, -0.1) is 19.3 Å². The number of rotatable bonds is 15. The van der Waals surface area contributed by atoms with Crippen LogP contribution in [0.4, 0.5) is 58.8 Å². The van der Waals surface area contributed by atoms with Gasteiger partial charge in [0.25, 0.3) is 0 Å². The molecule has 30 heteroatoms. The van der Waals surface area contributed by atoms with Gasteiger partial charge in [0.05, 0.1) is 60.2 Å². The molecule has 8 aromatic heterocycles. The van der Waals surface area contributed by atoms with Crippen LogP contribution in [0.3, 0.4) is 0 Å². The molecule has 2 unspecified atom stereocenters. The highest BCUT2D eigenvalue weighted by atomic mass is 35.5. The topological polar surface area (TPSA) is 308 Å². The standard InChI is InChI=1S/C27H26FN5O3S.C23H19FN4O2S.C19H20ClFN4O3S.C7H6N2/c1-4-19-8-7-9-20(30-19)15-21-16-23(32-22-12-11-18(28)14-24(22)37(3,34)35)26-27(31-21)33(17(2)29-26)25-10-5-6-13-36-25;1-4-16-6-5-7-17(26-16)12-18-13-21(23-20(27-18)10-14(2)25-23)28-19-9-8-15(24)11-22(19)31(3,29)30;1-11-22-18-14(23-13-7-6-12(21)9-15(13)29(2,26)27)10-16(20)24-19(18)25(11)17-5-3-4-8-28-17;1-2-6-4-3-5-7(8)9-6/h1,7-9,11-12,14,16,25H,5-6,10,13,15H2,2-3H3,(H,31,32);1,5-9,11,13H,10,12H2,2-3H3,(H,27,28);6-7,9-10,17H,3-5,8H2,1-2H3,(H,23,24);1,3-5H,(H2,8,9). The van der Waals surface area contributed by atoms with Crippen molar-refractivity contribution in [3.8, 4) is 37.0 Å². The largest absolute Gasteiger partial charge is 0.384 e. The number of anilines is 7. The van der Waals surface area contributed by atoms with Crippen molar-refractivity contribution < 1.29 is 47.9 Å². The predicted octanol–water partition coefficient (Wildman–Crippen LogP) is 13.7. The molecule has 0 aliphatic carbocycles. The van der Waals surface area contributed by atoms with Gasteiger partial charge in [-0.3, -0.25) is 19.1 Å². The number of pyridine rings is 6. The normalized spacial score (nSPS) is 14.8. The zero-order valence-electron chi connectivity index (χ0n) is 58.3. The van der Waals surface area contributed by atoms with Crippen LogP contribution in [0, 0.1) is 68.3 Å². The first-order valence-electron chi connectivity index (χ1n) is 33.1. The number of sulfone groups is 3. The Balaban J connectivity index is 0.000000150. The van der Waals surface area contributed by atoms with Crippen LogP contribution < -0.4 is 21.7 Å². The second kappa shape index (κ2) is 32.5. The number of hydrogen-bond donors (Lipinski definition) is 4. The van der Waals surface area contributed by atoms with E-state index in [1.165, 1.54) is 36.4 Å². The Morgan fingerprint density at radius 3 is 1.34 bits per heavy atom. The number of terminal acetylenes is 3. The minimum absolute atomic E-state index is 0.123. The summed E-state index contributed by atoms with van der Waals surface area (Å²) in [7, 11) is -11.0. The number of ether oxygens (including phenoxy) is 2. The molecule has 5 N–H and O–H groups in total. The number of imidazole rings is 2. The lowest BCUT2D eigenvalue weighted by Gasteiger charge is -2.25. The van der Waals surface area contributed by atoms with E-state index >= 15 is 0 Å². The van der Waals surface area contributed by atoms with E-state index < -0.39 is 47.0 Å². The van der Waals surface area contributed by atoms with E-state index in [1.807, 2.05) is 54.2 Å². The summed E-state index contributed by atoms with van der Waals surface area (Å²) in [6, 6.07) is 32.1. The highest BCUT2D eigenvalue weighted by Crippen LogP contribution is 2.40. The van der Waals surface area contributed by atoms with Crippen molar-refractivity contribution in [1.82, 2.24) is 49.0 Å². The second-order valence-electron chi connectivity index (χ2n) is 25.1. The Morgan fingerprint density at radius 1 is 0.500 bits per heavy atom. The minimum atomic E-state index is -3.71. The fourth-order valence-corrected chi connectivity index (χ4v) is 14.8. The fourth-order valence-electron chi connectivity index (χ4n) is 12.1. The number of fused-ring (bicyclic) bond motifs is 3. The average Bonchev–Trinajstić information content (AvgIpc) is 1.59. The number of nitrogens with zero attached hydrogens (tertiary/aromatic N) is 11. The Kier molecular flexibility index (Phi) is 23.3. The molecule has 106 heavy (non-hydrogen) atoms. The highest BCUT2D eigenvalue weighted by molar-refractivity contribution is 7.91. The smallest absolute Gasteiger partial charge is 0.177 e. The third kappa shape index (κ3) is 18.5. The lowest BCUT2D eigenvalue weighted by Crippen LogP contribution is -2.19. The van der Waals surface area contributed by atoms with Crippen LogP contribution in [-0.2, 0) is 58.2 Å². The summed E-state index contributed by atoms with van der Waals surface area (Å²) in [6.45, 7) is 6.98. The summed E-state index contributed by atoms with van der Waals surface area (Å²) in [5, 5.41) is 9.59. The summed E-state index contributed by atoms with van der Waals surface area (Å²) >= 11 is 6.25. The maximum Gasteiger partial charge on any atom is 0.177 e. The van der Waals surface area contributed by atoms with Crippen LogP contribution in [0.25, 0.3) is 22.3 Å². The van der Waals surface area contributed by atoms with Crippen molar-refractivity contribution in [2.75, 3.05) is 53.7 Å². The molecule has 2 fully saturated rings. The minimum Gasteiger partial charge on any atom is -0.384 e. The van der Waals surface area contributed by atoms with Gasteiger partial charge in [-0.05, 0) is 162 Å². The molecule has 0 bridgehead atoms. The summed E-state index contributed by atoms with van der Waals surface area (Å²) < 4.78 is 131. The van der Waals surface area contributed by atoms with Gasteiger partial charge in [0.15, 0.2) is 40.8 Å². The van der Waals surface area contributed by atoms with Gasteiger partial charge in [-0.1, -0.05) is 47.6 Å². The second-order valence-corrected chi connectivity index (χ2v) is 31.4. The molecule has 0 radical (unpaired) electrons. The number of aryl methyl sites for hydroxylation is 2. The molecule has 3 aliphatic rings. The lowest BCUT2D eigenvalue weighted by atomic mass is 10.1. The van der Waals surface area contributed by atoms with Crippen molar-refractivity contribution in [3.63, 3.8) is 0 Å². The molecule has 0 amide bonds. The van der Waals surface area contributed by atoms with Crippen molar-refractivity contribution >= 4 is 115 Å². The van der Waals surface area contributed by atoms with Gasteiger partial charge < -0.3 is 31.2 Å². The zero-order valence-corrected chi connectivity index (χ0v) is 61.5. The first-order valence-corrected chi connectivity index (χ1v) is 39.2. The van der Waals surface area contributed by atoms with Crippen molar-refractivity contribution in [3.05, 3.63) is 207 Å². The van der Waals surface area contributed by atoms with E-state index in [2.05, 4.69) is 63.6 Å². The predicted molar refractivity (Wildman–Crippen MR) is 403 cm³/mol. The number of nitrogens with two attached hydrogens (primary N) is 1. The number of aliphatic imine (C=N–C) groups is 1. The maximum absolute atomic E-state index is 13.9. The van der Waals surface area contributed by atoms with Gasteiger partial charge in [0.1, 0.15) is 86.3 Å². The van der Waals surface area contributed by atoms with Crippen LogP contribution in [0.15, 0.2) is 147 Å². The van der Waals surface area contributed by atoms with Crippen LogP contribution in [-0.4, -0.2) is 112 Å². The highest BCUT2D eigenvalue weighted by Gasteiger charge is 2.28. The molecular formula is C76H71ClF3N15O8S3. The molecule has 544 valence electrons. The molecule has 11 heterocycles. The molecule has 11 aromatic rings. The molecule has 2 atom stereocenters. The molecule has 3 aliphatic heterocycles. The van der Waals surface area contributed by atoms with Crippen molar-refractivity contribution in [2.24, 2.45) is 4.99 Å². The number of aromatic nitrogens is 10. The number of hydrogen-bond acceptors (Lipinski definition) is 21. The van der Waals surface area contributed by atoms with E-state index in [9.17, 15) is 38.4 Å². The number of nitrogen functional groups attached to an aromatic ring is 1. The Morgan fingerprint density at radius 2 is 0.915 bits per heavy atom. The molecule has 0 saturated carbocycles. The first-order chi connectivity index (χ1) is 50.5. The average molecular weight is 1510 g/mol. The molecule has 3 aromatic carbocycles. The van der Waals surface area contributed by atoms with E-state index in [0.29, 0.717) is 112 Å². The summed E-state index contributed by atoms with van der Waals surface area (Å²) in [4.78, 5) is 40.3. The molecule has 0 spiro atoms. The van der Waals surface area contributed by atoms with Crippen molar-refractivity contribution in [1.29, 1.82) is 0 Å². The Bertz CT molecular complexity index is 5750. The van der Waals surface area contributed by atoms with Gasteiger partial charge in [-0.25, -0.2) is 73.3 Å². The zero-order chi connectivity index (χ0) is 75.8. The first kappa shape index (κ1) is 76.0. The van der Waals surface area contributed by atoms with Crippen LogP contribution in [0.2, 0.25) is 5.15 Å². The van der Waals surface area contributed by atoms with Crippen LogP contribution in [0.1, 0.15) is 115 Å². The number of halogens is 4. The van der Waals surface area contributed by atoms with Gasteiger partial charge in [-0.2, -0.15) is 0 Å². The quantitative estimate of drug-likeness (QED) is 0.0547. The SMILES string of the molecule is C#Cc1cccc(Cc2cc(Nc3ccc(F)cc3S(C)(=O)=O)c3c(n2)CC(C)=N3)n1.C#Cc1cccc(Cc2cc(Nc3ccc(F)cc3S(C)(=O)=O)c3nc(C)n(C4CCCCO4)c3n2)n1.C#Cc1cccc(N)n1.Cc1nc2c(Nc3ccc(F)cc3S(C)(=O)=O)cc(Cl)nc2n1C1CCCCO1. The van der Waals surface area contributed by atoms with E-state index in [1.54, 1.807) is 48.5 Å². The van der Waals surface area contributed by atoms with Gasteiger partial charge in [0.2, 0.25) is 0 Å². The van der Waals surface area contributed by atoms with E-state index in [0.717, 1.165) is 110 Å². The third-order valence-corrected chi connectivity index (χ3v) is 20.4. The lowest BCUT2D eigenvalue weighted by molar-refractivity contribution is -0.0310. The molecule has 14 rings (SSSR count). The summed E-state index contributed by atoms with van der Waals surface area (Å²) in [5.41, 5.74) is 16.9. The maximum atomic E-state index is 13.9. The summed E-state index contributed by atoms with van der Waals surface area (Å²) in [5.74, 6) is 7.45. The molecule has 23 nitrogen and oxygen atoms in total. The molecular weight excluding hydrogens is 1440 g/mol. The molecule has 2 saturated heterocycles. The van der Waals surface area contributed by atoms with Crippen LogP contribution >= 0.6 is 11.6 Å². The number of nitrogens with one attached hydrogen (secondary N) is 3. The Hall–Kier alpha value is -11.1. The third-order valence-electron chi connectivity index (χ3n) is 16.8. The van der Waals surface area contributed by atoms with E-state index in [-0.39, 0.29) is 49.4 Å².